The Morgan fingerprint density at radius 2 is 1.81 bits per heavy atom. The summed E-state index contributed by atoms with van der Waals surface area (Å²) in [7, 11) is 0. The highest BCUT2D eigenvalue weighted by Crippen LogP contribution is 2.24. The van der Waals surface area contributed by atoms with Gasteiger partial charge in [0.25, 0.3) is 5.91 Å². The van der Waals surface area contributed by atoms with Crippen molar-refractivity contribution < 1.29 is 14.1 Å². The van der Waals surface area contributed by atoms with Gasteiger partial charge in [-0.1, -0.05) is 49.3 Å². The molecule has 162 valence electrons. The summed E-state index contributed by atoms with van der Waals surface area (Å²) in [6.07, 6.45) is 3.35. The summed E-state index contributed by atoms with van der Waals surface area (Å²) >= 11 is 0. The van der Waals surface area contributed by atoms with Crippen LogP contribution in [0.1, 0.15) is 41.7 Å². The fourth-order valence-electron chi connectivity index (χ4n) is 3.16. The Morgan fingerprint density at radius 3 is 2.50 bits per heavy atom. The van der Waals surface area contributed by atoms with Crippen molar-refractivity contribution in [3.8, 4) is 17.1 Å². The van der Waals surface area contributed by atoms with Gasteiger partial charge in [-0.05, 0) is 47.9 Å². The number of carbonyl (C=O) groups is 1. The second-order valence-corrected chi connectivity index (χ2v) is 7.69. The third-order valence-corrected chi connectivity index (χ3v) is 4.95. The van der Waals surface area contributed by atoms with Gasteiger partial charge in [0.15, 0.2) is 0 Å². The molecule has 7 nitrogen and oxygen atoms in total. The first-order chi connectivity index (χ1) is 15.6. The molecule has 0 spiro atoms. The van der Waals surface area contributed by atoms with Crippen molar-refractivity contribution in [2.45, 2.75) is 26.5 Å². The van der Waals surface area contributed by atoms with E-state index in [0.717, 1.165) is 11.1 Å². The van der Waals surface area contributed by atoms with Crippen LogP contribution in [0.3, 0.4) is 0 Å². The highest BCUT2D eigenvalue weighted by Gasteiger charge is 2.25. The maximum absolute atomic E-state index is 12.8. The number of nitrogens with one attached hydrogen (secondary N) is 1. The molecule has 1 amide bonds. The molecule has 7 heteroatoms. The van der Waals surface area contributed by atoms with Crippen LogP contribution in [0.25, 0.3) is 11.4 Å². The summed E-state index contributed by atoms with van der Waals surface area (Å²) < 4.78 is 11.2. The van der Waals surface area contributed by atoms with E-state index in [1.54, 1.807) is 42.7 Å². The zero-order valence-electron chi connectivity index (χ0n) is 17.9. The lowest BCUT2D eigenvalue weighted by Gasteiger charge is -2.18. The molecule has 0 fully saturated rings. The minimum absolute atomic E-state index is 0.0506. The van der Waals surface area contributed by atoms with Gasteiger partial charge in [-0.2, -0.15) is 4.98 Å². The topological polar surface area (TPSA) is 90.1 Å². The molecule has 2 aromatic carbocycles. The Labute approximate surface area is 186 Å². The second-order valence-electron chi connectivity index (χ2n) is 7.69. The summed E-state index contributed by atoms with van der Waals surface area (Å²) in [5.41, 5.74) is 2.36. The lowest BCUT2D eigenvalue weighted by Crippen LogP contribution is -2.32. The molecule has 4 aromatic rings. The third kappa shape index (κ3) is 5.18. The van der Waals surface area contributed by atoms with Crippen molar-refractivity contribution in [2.75, 3.05) is 0 Å². The molecule has 2 heterocycles. The second kappa shape index (κ2) is 9.87. The van der Waals surface area contributed by atoms with Crippen LogP contribution in [0.4, 0.5) is 0 Å². The standard InChI is InChI=1S/C25H24N4O3/c1-17(2)22(25-28-23(29-32-25)20-9-6-14-26-15-20)27-24(30)19-10-12-21(13-11-19)31-16-18-7-4-3-5-8-18/h3-15,17,22H,16H2,1-2H3,(H,27,30). The number of rotatable bonds is 8. The van der Waals surface area contributed by atoms with Crippen LogP contribution in [0.5, 0.6) is 5.75 Å². The average molecular weight is 428 g/mol. The van der Waals surface area contributed by atoms with Crippen molar-refractivity contribution >= 4 is 5.91 Å². The summed E-state index contributed by atoms with van der Waals surface area (Å²) in [6.45, 7) is 4.44. The summed E-state index contributed by atoms with van der Waals surface area (Å²) in [5, 5.41) is 7.03. The Morgan fingerprint density at radius 1 is 1.03 bits per heavy atom. The highest BCUT2D eigenvalue weighted by molar-refractivity contribution is 5.94. The molecule has 1 unspecified atom stereocenters. The van der Waals surface area contributed by atoms with Crippen molar-refractivity contribution in [3.63, 3.8) is 0 Å². The Hall–Kier alpha value is -4.00. The van der Waals surface area contributed by atoms with Crippen molar-refractivity contribution in [1.29, 1.82) is 0 Å². The monoisotopic (exact) mass is 428 g/mol. The van der Waals surface area contributed by atoms with Crippen LogP contribution in [-0.2, 0) is 6.61 Å². The number of nitrogens with zero attached hydrogens (tertiary/aromatic N) is 3. The molecule has 0 aliphatic rings. The lowest BCUT2D eigenvalue weighted by molar-refractivity contribution is 0.0914. The first-order valence-electron chi connectivity index (χ1n) is 10.4. The zero-order chi connectivity index (χ0) is 22.3. The number of ether oxygens (including phenoxy) is 1. The molecule has 0 radical (unpaired) electrons. The maximum Gasteiger partial charge on any atom is 0.251 e. The smallest absolute Gasteiger partial charge is 0.251 e. The summed E-state index contributed by atoms with van der Waals surface area (Å²) in [5.74, 6) is 1.32. The number of carbonyl (C=O) groups excluding carboxylic acids is 1. The molecule has 0 saturated carbocycles. The van der Waals surface area contributed by atoms with Crippen LogP contribution in [0.15, 0.2) is 83.6 Å². The predicted octanol–water partition coefficient (Wildman–Crippen LogP) is 4.84. The molecule has 4 rings (SSSR count). The van der Waals surface area contributed by atoms with Gasteiger partial charge in [0.2, 0.25) is 11.7 Å². The van der Waals surface area contributed by atoms with Gasteiger partial charge in [0.05, 0.1) is 0 Å². The van der Waals surface area contributed by atoms with Crippen LogP contribution < -0.4 is 10.1 Å². The first kappa shape index (κ1) is 21.2. The van der Waals surface area contributed by atoms with E-state index in [9.17, 15) is 4.79 Å². The number of hydrogen-bond acceptors (Lipinski definition) is 6. The van der Waals surface area contributed by atoms with Gasteiger partial charge in [-0.3, -0.25) is 9.78 Å². The van der Waals surface area contributed by atoms with E-state index in [0.29, 0.717) is 29.6 Å². The molecule has 0 aliphatic heterocycles. The molecule has 32 heavy (non-hydrogen) atoms. The van der Waals surface area contributed by atoms with E-state index < -0.39 is 6.04 Å². The van der Waals surface area contributed by atoms with Crippen LogP contribution in [0, 0.1) is 5.92 Å². The van der Waals surface area contributed by atoms with Crippen molar-refractivity contribution in [2.24, 2.45) is 5.92 Å². The van der Waals surface area contributed by atoms with Gasteiger partial charge < -0.3 is 14.6 Å². The Balaban J connectivity index is 1.41. The third-order valence-electron chi connectivity index (χ3n) is 4.95. The van der Waals surface area contributed by atoms with Crippen LogP contribution in [-0.4, -0.2) is 21.0 Å². The number of aromatic nitrogens is 3. The molecule has 2 aromatic heterocycles. The molecule has 0 aliphatic carbocycles. The molecule has 0 bridgehead atoms. The number of benzene rings is 2. The largest absolute Gasteiger partial charge is 0.489 e. The Kier molecular flexibility index (Phi) is 6.55. The van der Waals surface area contributed by atoms with Crippen LogP contribution >= 0.6 is 0 Å². The number of amides is 1. The Bertz CT molecular complexity index is 1140. The normalized spacial score (nSPS) is 11.8. The van der Waals surface area contributed by atoms with Gasteiger partial charge in [-0.25, -0.2) is 0 Å². The van der Waals surface area contributed by atoms with Gasteiger partial charge in [0.1, 0.15) is 18.4 Å². The van der Waals surface area contributed by atoms with E-state index in [2.05, 4.69) is 20.4 Å². The lowest BCUT2D eigenvalue weighted by atomic mass is 10.0. The molecule has 1 N–H and O–H groups in total. The average Bonchev–Trinajstić information content (AvgIpc) is 3.32. The minimum Gasteiger partial charge on any atom is -0.489 e. The first-order valence-corrected chi connectivity index (χ1v) is 10.4. The SMILES string of the molecule is CC(C)C(NC(=O)c1ccc(OCc2ccccc2)cc1)c1nc(-c2cccnc2)no1. The summed E-state index contributed by atoms with van der Waals surface area (Å²) in [6, 6.07) is 20.2. The summed E-state index contributed by atoms with van der Waals surface area (Å²) in [4.78, 5) is 21.4. The van der Waals surface area contributed by atoms with E-state index >= 15 is 0 Å². The van der Waals surface area contributed by atoms with E-state index in [-0.39, 0.29) is 11.8 Å². The minimum atomic E-state index is -0.422. The van der Waals surface area contributed by atoms with Crippen molar-refractivity contribution in [1.82, 2.24) is 20.4 Å². The zero-order valence-corrected chi connectivity index (χ0v) is 17.9. The molecular weight excluding hydrogens is 404 g/mol. The molecule has 0 saturated heterocycles. The van der Waals surface area contributed by atoms with Crippen molar-refractivity contribution in [3.05, 3.63) is 96.1 Å². The maximum atomic E-state index is 12.8. The molecule has 1 atom stereocenters. The number of hydrogen-bond donors (Lipinski definition) is 1. The van der Waals surface area contributed by atoms with E-state index in [1.807, 2.05) is 50.2 Å². The van der Waals surface area contributed by atoms with E-state index in [4.69, 9.17) is 9.26 Å². The fourth-order valence-corrected chi connectivity index (χ4v) is 3.16. The van der Waals surface area contributed by atoms with Gasteiger partial charge in [-0.15, -0.1) is 0 Å². The number of pyridine rings is 1. The highest BCUT2D eigenvalue weighted by atomic mass is 16.5. The van der Waals surface area contributed by atoms with E-state index in [1.165, 1.54) is 0 Å². The van der Waals surface area contributed by atoms with Gasteiger partial charge in [0, 0.05) is 23.5 Å². The quantitative estimate of drug-likeness (QED) is 0.432. The van der Waals surface area contributed by atoms with Gasteiger partial charge >= 0.3 is 0 Å². The predicted molar refractivity (Wildman–Crippen MR) is 120 cm³/mol. The molecular formula is C25H24N4O3. The van der Waals surface area contributed by atoms with Crippen LogP contribution in [0.2, 0.25) is 0 Å². The fraction of sp³-hybridized carbons (Fsp3) is 0.200.